The largest absolute Gasteiger partial charge is 0.382 e. The summed E-state index contributed by atoms with van der Waals surface area (Å²) in [5.41, 5.74) is 0. The molecule has 1 saturated heterocycles. The van der Waals surface area contributed by atoms with E-state index in [0.717, 1.165) is 31.0 Å². The monoisotopic (exact) mass is 279 g/mol. The number of methoxy groups -OCH3 is 1. The van der Waals surface area contributed by atoms with Crippen molar-refractivity contribution in [1.29, 1.82) is 0 Å². The average Bonchev–Trinajstić information content (AvgIpc) is 2.70. The summed E-state index contributed by atoms with van der Waals surface area (Å²) in [5.74, 6) is 0. The van der Waals surface area contributed by atoms with Crippen molar-refractivity contribution in [2.24, 2.45) is 0 Å². The van der Waals surface area contributed by atoms with E-state index in [1.807, 2.05) is 0 Å². The number of ether oxygens (including phenoxy) is 2. The molecule has 1 atom stereocenters. The fraction of sp³-hybridized carbons (Fsp3) is 1.00. The van der Waals surface area contributed by atoms with Crippen LogP contribution in [0.2, 0.25) is 0 Å². The molecule has 1 unspecified atom stereocenters. The Balaban J connectivity index is 1.95. The molecule has 1 heterocycles. The number of likely N-dealkylation sites (tertiary alicyclic amines) is 1. The first-order chi connectivity index (χ1) is 7.38. The van der Waals surface area contributed by atoms with Crippen LogP contribution >= 0.6 is 15.9 Å². The molecule has 1 aliphatic rings. The van der Waals surface area contributed by atoms with Crippen molar-refractivity contribution in [3.8, 4) is 0 Å². The summed E-state index contributed by atoms with van der Waals surface area (Å²) in [7, 11) is 1.70. The number of nitrogens with zero attached hydrogens (tertiary/aromatic N) is 1. The van der Waals surface area contributed by atoms with Gasteiger partial charge in [-0.2, -0.15) is 0 Å². The Labute approximate surface area is 101 Å². The lowest BCUT2D eigenvalue weighted by Crippen LogP contribution is -2.32. The predicted octanol–water partition coefficient (Wildman–Crippen LogP) is 1.90. The Kier molecular flexibility index (Phi) is 7.61. The lowest BCUT2D eigenvalue weighted by Gasteiger charge is -2.22. The van der Waals surface area contributed by atoms with Crippen LogP contribution < -0.4 is 0 Å². The minimum Gasteiger partial charge on any atom is -0.382 e. The van der Waals surface area contributed by atoms with Gasteiger partial charge in [-0.3, -0.25) is 4.90 Å². The van der Waals surface area contributed by atoms with Crippen LogP contribution in [0.3, 0.4) is 0 Å². The molecular weight excluding hydrogens is 258 g/mol. The van der Waals surface area contributed by atoms with E-state index in [9.17, 15) is 0 Å². The molecule has 0 bridgehead atoms. The molecule has 4 heteroatoms. The Morgan fingerprint density at radius 3 is 2.93 bits per heavy atom. The third-order valence-corrected chi connectivity index (χ3v) is 3.59. The smallest absolute Gasteiger partial charge is 0.0700 e. The second-order valence-corrected chi connectivity index (χ2v) is 4.59. The van der Waals surface area contributed by atoms with Crippen molar-refractivity contribution in [1.82, 2.24) is 4.90 Å². The van der Waals surface area contributed by atoms with Crippen molar-refractivity contribution in [2.75, 3.05) is 45.4 Å². The Bertz CT molecular complexity index is 158. The molecule has 0 radical (unpaired) electrons. The lowest BCUT2D eigenvalue weighted by molar-refractivity contribution is 0.0650. The molecule has 0 aromatic carbocycles. The van der Waals surface area contributed by atoms with Crippen LogP contribution in [0, 0.1) is 0 Å². The highest BCUT2D eigenvalue weighted by atomic mass is 79.9. The normalized spacial score (nSPS) is 22.4. The number of alkyl halides is 1. The zero-order valence-electron chi connectivity index (χ0n) is 9.58. The lowest BCUT2D eigenvalue weighted by atomic mass is 10.2. The van der Waals surface area contributed by atoms with E-state index in [0.29, 0.717) is 6.61 Å². The van der Waals surface area contributed by atoms with Gasteiger partial charge in [-0.1, -0.05) is 15.9 Å². The van der Waals surface area contributed by atoms with Gasteiger partial charge in [0.1, 0.15) is 0 Å². The van der Waals surface area contributed by atoms with Gasteiger partial charge in [0, 0.05) is 31.6 Å². The minimum atomic E-state index is 0.702. The Morgan fingerprint density at radius 2 is 2.20 bits per heavy atom. The van der Waals surface area contributed by atoms with E-state index in [2.05, 4.69) is 20.8 Å². The van der Waals surface area contributed by atoms with Gasteiger partial charge in [0.05, 0.1) is 13.2 Å². The van der Waals surface area contributed by atoms with Crippen LogP contribution in [0.1, 0.15) is 19.3 Å². The molecule has 0 aromatic heterocycles. The summed E-state index contributed by atoms with van der Waals surface area (Å²) in [6.45, 7) is 4.71. The molecule has 0 amide bonds. The summed E-state index contributed by atoms with van der Waals surface area (Å²) in [4.78, 5) is 2.56. The summed E-state index contributed by atoms with van der Waals surface area (Å²) in [6.07, 6.45) is 3.82. The summed E-state index contributed by atoms with van der Waals surface area (Å²) in [5, 5.41) is 1.11. The van der Waals surface area contributed by atoms with E-state index in [1.165, 1.54) is 25.9 Å². The number of rotatable bonds is 8. The van der Waals surface area contributed by atoms with Gasteiger partial charge in [-0.05, 0) is 25.8 Å². The molecule has 90 valence electrons. The van der Waals surface area contributed by atoms with Crippen LogP contribution in [0.4, 0.5) is 0 Å². The maximum atomic E-state index is 5.44. The second-order valence-electron chi connectivity index (χ2n) is 3.95. The highest BCUT2D eigenvalue weighted by Crippen LogP contribution is 2.18. The van der Waals surface area contributed by atoms with Crippen molar-refractivity contribution < 1.29 is 9.47 Å². The van der Waals surface area contributed by atoms with E-state index < -0.39 is 0 Å². The summed E-state index contributed by atoms with van der Waals surface area (Å²) in [6, 6.07) is 0.754. The van der Waals surface area contributed by atoms with Crippen LogP contribution in [0.15, 0.2) is 0 Å². The molecular formula is C11H22BrNO2. The van der Waals surface area contributed by atoms with Crippen molar-refractivity contribution >= 4 is 15.9 Å². The van der Waals surface area contributed by atoms with Crippen LogP contribution in [0.5, 0.6) is 0 Å². The zero-order chi connectivity index (χ0) is 10.9. The molecule has 1 aliphatic heterocycles. The Hall–Kier alpha value is 0.360. The van der Waals surface area contributed by atoms with Gasteiger partial charge in [-0.25, -0.2) is 0 Å². The third kappa shape index (κ3) is 5.29. The van der Waals surface area contributed by atoms with Crippen LogP contribution in [0.25, 0.3) is 0 Å². The number of halogens is 1. The zero-order valence-corrected chi connectivity index (χ0v) is 11.2. The predicted molar refractivity (Wildman–Crippen MR) is 65.7 cm³/mol. The molecule has 1 rings (SSSR count). The summed E-state index contributed by atoms with van der Waals surface area (Å²) >= 11 is 3.57. The second kappa shape index (κ2) is 8.50. The maximum absolute atomic E-state index is 5.44. The topological polar surface area (TPSA) is 21.7 Å². The first kappa shape index (κ1) is 13.4. The molecule has 0 spiro atoms. The van der Waals surface area contributed by atoms with Crippen molar-refractivity contribution in [3.05, 3.63) is 0 Å². The number of hydrogen-bond donors (Lipinski definition) is 0. The molecule has 15 heavy (non-hydrogen) atoms. The van der Waals surface area contributed by atoms with Gasteiger partial charge >= 0.3 is 0 Å². The van der Waals surface area contributed by atoms with Crippen LogP contribution in [-0.4, -0.2) is 56.3 Å². The fourth-order valence-electron chi connectivity index (χ4n) is 1.98. The Morgan fingerprint density at radius 1 is 1.33 bits per heavy atom. The molecule has 0 aliphatic carbocycles. The van der Waals surface area contributed by atoms with E-state index in [4.69, 9.17) is 9.47 Å². The first-order valence-electron chi connectivity index (χ1n) is 5.75. The standard InChI is InChI=1S/C11H22BrNO2/c1-14-8-9-15-7-3-6-13-5-2-4-11(13)10-12/h11H,2-10H2,1H3. The average molecular weight is 280 g/mol. The van der Waals surface area contributed by atoms with Gasteiger partial charge in [0.15, 0.2) is 0 Å². The quantitative estimate of drug-likeness (QED) is 0.501. The highest BCUT2D eigenvalue weighted by Gasteiger charge is 2.22. The minimum absolute atomic E-state index is 0.702. The van der Waals surface area contributed by atoms with Crippen molar-refractivity contribution in [3.63, 3.8) is 0 Å². The molecule has 0 aromatic rings. The number of hydrogen-bond acceptors (Lipinski definition) is 3. The van der Waals surface area contributed by atoms with Gasteiger partial charge in [0.25, 0.3) is 0 Å². The van der Waals surface area contributed by atoms with Gasteiger partial charge < -0.3 is 9.47 Å². The van der Waals surface area contributed by atoms with Gasteiger partial charge in [0.2, 0.25) is 0 Å². The molecule has 1 fully saturated rings. The summed E-state index contributed by atoms with van der Waals surface area (Å²) < 4.78 is 10.4. The maximum Gasteiger partial charge on any atom is 0.0700 e. The van der Waals surface area contributed by atoms with Gasteiger partial charge in [-0.15, -0.1) is 0 Å². The van der Waals surface area contributed by atoms with E-state index in [-0.39, 0.29) is 0 Å². The first-order valence-corrected chi connectivity index (χ1v) is 6.87. The van der Waals surface area contributed by atoms with E-state index in [1.54, 1.807) is 7.11 Å². The molecule has 3 nitrogen and oxygen atoms in total. The highest BCUT2D eigenvalue weighted by molar-refractivity contribution is 9.09. The SMILES string of the molecule is COCCOCCCN1CCCC1CBr. The fourth-order valence-corrected chi connectivity index (χ4v) is 2.71. The molecule has 0 saturated carbocycles. The van der Waals surface area contributed by atoms with Crippen LogP contribution in [-0.2, 0) is 9.47 Å². The third-order valence-electron chi connectivity index (χ3n) is 2.84. The molecule has 0 N–H and O–H groups in total. The van der Waals surface area contributed by atoms with E-state index >= 15 is 0 Å². The van der Waals surface area contributed by atoms with Crippen molar-refractivity contribution in [2.45, 2.75) is 25.3 Å².